The maximum atomic E-state index is 2.78. The van der Waals surface area contributed by atoms with E-state index in [1.54, 1.807) is 0 Å². The van der Waals surface area contributed by atoms with E-state index in [4.69, 9.17) is 0 Å². The predicted molar refractivity (Wildman–Crippen MR) is 551 cm³/mol. The van der Waals surface area contributed by atoms with Gasteiger partial charge in [-0.1, -0.05) is 367 Å². The molecule has 0 amide bonds. The second-order valence-corrected chi connectivity index (χ2v) is 42.5. The lowest BCUT2D eigenvalue weighted by atomic mass is 9.33. The van der Waals surface area contributed by atoms with Gasteiger partial charge in [0.1, 0.15) is 0 Å². The van der Waals surface area contributed by atoms with E-state index in [1.165, 1.54) is 80.7 Å². The maximum Gasteiger partial charge on any atom is 0.254 e. The zero-order valence-electron chi connectivity index (χ0n) is 76.7. The Bertz CT molecular complexity index is 6950. The number of aromatic nitrogens is 1. The van der Waals surface area contributed by atoms with Crippen LogP contribution in [-0.2, 0) is 32.5 Å². The minimum atomic E-state index is -0.402. The van der Waals surface area contributed by atoms with Crippen molar-refractivity contribution in [2.45, 2.75) is 157 Å². The largest absolute Gasteiger partial charge is 0.310 e. The summed E-state index contributed by atoms with van der Waals surface area (Å²) < 4.78 is 5.08. The van der Waals surface area contributed by atoms with Gasteiger partial charge in [0.05, 0.1) is 33.8 Å². The van der Waals surface area contributed by atoms with Crippen molar-refractivity contribution in [3.05, 3.63) is 385 Å². The number of para-hydroxylation sites is 2. The second kappa shape index (κ2) is 30.8. The molecule has 4 heterocycles. The van der Waals surface area contributed by atoms with Gasteiger partial charge < -0.3 is 24.2 Å². The molecule has 7 heteroatoms. The molecule has 18 aromatic rings. The van der Waals surface area contributed by atoms with Crippen molar-refractivity contribution in [1.82, 2.24) is 4.57 Å². The zero-order chi connectivity index (χ0) is 88.1. The first-order valence-electron chi connectivity index (χ1n) is 45.3. The molecule has 20 rings (SSSR count). The van der Waals surface area contributed by atoms with E-state index in [2.05, 4.69) is 501 Å². The van der Waals surface area contributed by atoms with E-state index in [1.807, 2.05) is 11.3 Å². The highest BCUT2D eigenvalue weighted by Crippen LogP contribution is 2.58. The molecular weight excluding hydrogens is 1550 g/mol. The molecule has 0 aliphatic carbocycles. The van der Waals surface area contributed by atoms with Crippen LogP contribution in [0.15, 0.2) is 352 Å². The summed E-state index contributed by atoms with van der Waals surface area (Å²) in [6, 6.07) is 136. The number of hydrogen-bond donors (Lipinski definition) is 0. The van der Waals surface area contributed by atoms with Crippen LogP contribution in [0.4, 0.5) is 68.2 Å². The number of nitrogens with zero attached hydrogens (tertiary/aromatic N) is 5. The summed E-state index contributed by atoms with van der Waals surface area (Å²) in [7, 11) is 0. The molecule has 0 saturated carbocycles. The molecule has 5 nitrogen and oxygen atoms in total. The highest BCUT2D eigenvalue weighted by molar-refractivity contribution is 7.28. The van der Waals surface area contributed by atoms with Crippen LogP contribution in [0.2, 0.25) is 0 Å². The lowest BCUT2D eigenvalue weighted by Gasteiger charge is -2.46. The number of benzene rings is 16. The predicted octanol–water partition coefficient (Wildman–Crippen LogP) is 32.6. The average Bonchev–Trinajstić information content (AvgIpc) is 1.66. The lowest BCUT2D eigenvalue weighted by molar-refractivity contribution is 0.590. The highest BCUT2D eigenvalue weighted by Gasteiger charge is 2.48. The number of thiophene rings is 1. The summed E-state index contributed by atoms with van der Waals surface area (Å²) >= 11 is 1.94. The summed E-state index contributed by atoms with van der Waals surface area (Å²) in [5, 5.41) is 4.87. The second-order valence-electron chi connectivity index (χ2n) is 41.4. The van der Waals surface area contributed by atoms with Gasteiger partial charge in [0.15, 0.2) is 0 Å². The quantitative estimate of drug-likeness (QED) is 0.107. The number of hydrogen-bond acceptors (Lipinski definition) is 5. The molecule has 2 aliphatic heterocycles. The summed E-state index contributed by atoms with van der Waals surface area (Å²) in [5.41, 5.74) is 35.9. The van der Waals surface area contributed by atoms with Gasteiger partial charge in [-0.3, -0.25) is 0 Å². The average molecular weight is 1670 g/mol. The molecule has 0 unspecified atom stereocenters. The Hall–Kier alpha value is -13.2. The first-order chi connectivity index (χ1) is 60.8. The smallest absolute Gasteiger partial charge is 0.254 e. The van der Waals surface area contributed by atoms with Crippen LogP contribution in [-0.4, -0.2) is 11.3 Å². The van der Waals surface area contributed by atoms with Crippen molar-refractivity contribution >= 4 is 145 Å². The highest BCUT2D eigenvalue weighted by atomic mass is 32.1. The Morgan fingerprint density at radius 3 is 0.969 bits per heavy atom. The molecule has 0 atom stereocenters. The van der Waals surface area contributed by atoms with Gasteiger partial charge in [-0.05, 0) is 214 Å². The van der Waals surface area contributed by atoms with E-state index in [0.717, 1.165) is 129 Å². The third-order valence-electron chi connectivity index (χ3n) is 26.7. The van der Waals surface area contributed by atoms with Crippen molar-refractivity contribution in [3.63, 3.8) is 0 Å². The van der Waals surface area contributed by atoms with Crippen molar-refractivity contribution in [3.8, 4) is 50.2 Å². The fourth-order valence-electron chi connectivity index (χ4n) is 19.8. The molecule has 0 bridgehead atoms. The van der Waals surface area contributed by atoms with Crippen LogP contribution < -0.4 is 36.0 Å². The lowest BCUT2D eigenvalue weighted by Crippen LogP contribution is -2.61. The number of rotatable bonds is 13. The van der Waals surface area contributed by atoms with Gasteiger partial charge in [-0.2, -0.15) is 0 Å². The van der Waals surface area contributed by atoms with Crippen molar-refractivity contribution in [2.75, 3.05) is 19.6 Å². The normalized spacial score (nSPS) is 13.1. The molecule has 0 radical (unpaired) electrons. The summed E-state index contributed by atoms with van der Waals surface area (Å²) in [4.78, 5) is 10.6. The van der Waals surface area contributed by atoms with E-state index in [0.29, 0.717) is 0 Å². The van der Waals surface area contributed by atoms with Crippen molar-refractivity contribution in [1.29, 1.82) is 0 Å². The van der Waals surface area contributed by atoms with Crippen molar-refractivity contribution in [2.24, 2.45) is 0 Å². The standard InChI is InChI=1S/C120H112BN5S/c1-115(2,3)81-49-59-87(60-50-81)122(88-61-51-82(52-62-88)116(4,5)6)91-67-68-100-103(73-91)125(112-93(77-35-23-19-24-36-77)44-33-45-94(112)78-37-25-20-26-38-78)105-74-92(124-101-69-57-85(119(13,14)15)71-98(101)99-72-86(120(16,17)18)58-70-102(99)124)75-106-110(105)121(100)111-107(126(106)113-95(79-39-27-21-28-40-79)46-34-47-96(113)80-41-29-22-30-42-80)76-104(109-97-43-31-32-48-108(97)127-114(109)111)123(89-63-53-83(54-64-89)117(7,8)9)90-65-55-84(56-66-90)118(10,11)12/h19-76H,1-18H3. The minimum Gasteiger partial charge on any atom is -0.310 e. The first kappa shape index (κ1) is 82.1. The van der Waals surface area contributed by atoms with Gasteiger partial charge in [-0.25, -0.2) is 0 Å². The first-order valence-corrected chi connectivity index (χ1v) is 46.1. The van der Waals surface area contributed by atoms with E-state index in [-0.39, 0.29) is 32.5 Å². The van der Waals surface area contributed by atoms with Crippen LogP contribution in [0.5, 0.6) is 0 Å². The van der Waals surface area contributed by atoms with Gasteiger partial charge in [0.2, 0.25) is 0 Å². The molecule has 0 saturated heterocycles. The zero-order valence-corrected chi connectivity index (χ0v) is 77.5. The van der Waals surface area contributed by atoms with Crippen molar-refractivity contribution < 1.29 is 0 Å². The summed E-state index contributed by atoms with van der Waals surface area (Å²) in [6.07, 6.45) is 0. The SMILES string of the molecule is CC(C)(C)c1ccc(N(c2ccc(C(C)(C)C)cc2)c2ccc3c(c2)N(c2c(-c4ccccc4)cccc2-c2ccccc2)c2cc(-n4c5ccc(C(C)(C)C)cc5c5cc(C(C)(C)C)ccc54)cc4c2B3c2c(cc(N(c3ccc(C(C)(C)C)cc3)c3ccc(C(C)(C)C)cc3)c3c2sc2ccccc23)N4c2c(-c3ccccc3)cccc2-c2ccccc2)cc1. The Kier molecular flexibility index (Phi) is 19.9. The minimum absolute atomic E-state index is 0.0748. The Balaban J connectivity index is 1.02. The van der Waals surface area contributed by atoms with Crippen LogP contribution in [0, 0.1) is 0 Å². The summed E-state index contributed by atoms with van der Waals surface area (Å²) in [6.45, 7) is 41.5. The van der Waals surface area contributed by atoms with Crippen LogP contribution in [0.1, 0.15) is 158 Å². The monoisotopic (exact) mass is 1670 g/mol. The van der Waals surface area contributed by atoms with E-state index in [9.17, 15) is 0 Å². The third-order valence-corrected chi connectivity index (χ3v) is 27.9. The maximum absolute atomic E-state index is 2.78. The van der Waals surface area contributed by atoms with Gasteiger partial charge in [0, 0.05) is 104 Å². The fraction of sp³-hybridized carbons (Fsp3) is 0.200. The van der Waals surface area contributed by atoms with Gasteiger partial charge in [-0.15, -0.1) is 11.3 Å². The Morgan fingerprint density at radius 2 is 0.591 bits per heavy atom. The molecule has 626 valence electrons. The molecule has 127 heavy (non-hydrogen) atoms. The summed E-state index contributed by atoms with van der Waals surface area (Å²) in [5.74, 6) is 0. The number of fused-ring (bicyclic) bond motifs is 11. The van der Waals surface area contributed by atoms with Crippen LogP contribution in [0.3, 0.4) is 0 Å². The Morgan fingerprint density at radius 1 is 0.260 bits per heavy atom. The van der Waals surface area contributed by atoms with E-state index >= 15 is 0 Å². The Labute approximate surface area is 756 Å². The molecule has 0 spiro atoms. The van der Waals surface area contributed by atoms with Crippen LogP contribution >= 0.6 is 11.3 Å². The molecule has 0 fully saturated rings. The van der Waals surface area contributed by atoms with E-state index < -0.39 is 6.71 Å². The third kappa shape index (κ3) is 14.5. The molecular formula is C120H112BN5S. The molecule has 16 aromatic carbocycles. The van der Waals surface area contributed by atoms with Gasteiger partial charge in [0.25, 0.3) is 6.71 Å². The van der Waals surface area contributed by atoms with Crippen LogP contribution in [0.25, 0.3) is 92.2 Å². The molecule has 2 aliphatic rings. The topological polar surface area (TPSA) is 17.9 Å². The molecule has 0 N–H and O–H groups in total. The molecule has 2 aromatic heterocycles. The fourth-order valence-corrected chi connectivity index (χ4v) is 21.1. The van der Waals surface area contributed by atoms with Gasteiger partial charge >= 0.3 is 0 Å². The number of anilines is 12.